The van der Waals surface area contributed by atoms with E-state index in [1.807, 2.05) is 21.1 Å². The number of rotatable bonds is 36. The Kier molecular flexibility index (Phi) is 35.0. The van der Waals surface area contributed by atoms with Gasteiger partial charge in [-0.1, -0.05) is 131 Å². The molecule has 0 aliphatic carbocycles. The van der Waals surface area contributed by atoms with Crippen LogP contribution in [0, 0.1) is 0 Å². The Hall–Kier alpha value is -2.32. The highest BCUT2D eigenvalue weighted by atomic mass is 31.2. The van der Waals surface area contributed by atoms with E-state index in [0.717, 1.165) is 77.0 Å². The minimum Gasteiger partial charge on any atom is -0.457 e. The van der Waals surface area contributed by atoms with Crippen molar-refractivity contribution in [1.29, 1.82) is 0 Å². The Morgan fingerprint density at radius 3 is 1.64 bits per heavy atom. The van der Waals surface area contributed by atoms with Crippen LogP contribution in [0.4, 0.5) is 0 Å². The Bertz CT molecular complexity index is 1120. The van der Waals surface area contributed by atoms with Crippen LogP contribution in [-0.2, 0) is 27.9 Å². The number of allylic oxidation sites excluding steroid dienone is 14. The summed E-state index contributed by atoms with van der Waals surface area (Å²) in [6, 6.07) is 0. The van der Waals surface area contributed by atoms with Crippen LogP contribution in [-0.4, -0.2) is 75.6 Å². The highest BCUT2D eigenvalue weighted by molar-refractivity contribution is 7.47. The van der Waals surface area contributed by atoms with E-state index in [0.29, 0.717) is 24.1 Å². The van der Waals surface area contributed by atoms with Crippen molar-refractivity contribution in [3.05, 3.63) is 85.1 Å². The molecule has 9 heteroatoms. The summed E-state index contributed by atoms with van der Waals surface area (Å²) in [7, 11) is 1.61. The summed E-state index contributed by atoms with van der Waals surface area (Å²) in [5.74, 6) is -0.379. The quantitative estimate of drug-likeness (QED) is 0.0223. The minimum absolute atomic E-state index is 0.0709. The summed E-state index contributed by atoms with van der Waals surface area (Å²) >= 11 is 0. The van der Waals surface area contributed by atoms with E-state index in [9.17, 15) is 14.3 Å². The number of esters is 1. The first-order valence-corrected chi connectivity index (χ1v) is 21.8. The number of hydrogen-bond donors (Lipinski definition) is 1. The number of likely N-dealkylation sites (N-methyl/N-ethyl adjacent to an activating group) is 1. The fourth-order valence-corrected chi connectivity index (χ4v) is 5.54. The second kappa shape index (κ2) is 36.6. The second-order valence-electron chi connectivity index (χ2n) is 14.3. The number of carbonyl (C=O) groups is 1. The molecule has 0 aromatic carbocycles. The lowest BCUT2D eigenvalue weighted by Gasteiger charge is -2.24. The van der Waals surface area contributed by atoms with Gasteiger partial charge in [0.15, 0.2) is 0 Å². The molecule has 1 N–H and O–H groups in total. The summed E-state index contributed by atoms with van der Waals surface area (Å²) in [6.45, 7) is 5.30. The largest absolute Gasteiger partial charge is 0.472 e. The first-order chi connectivity index (χ1) is 25.6. The zero-order valence-corrected chi connectivity index (χ0v) is 35.1. The maximum Gasteiger partial charge on any atom is 0.472 e. The smallest absolute Gasteiger partial charge is 0.457 e. The van der Waals surface area contributed by atoms with Crippen LogP contribution in [0.5, 0.6) is 0 Å². The molecule has 0 aromatic rings. The van der Waals surface area contributed by atoms with E-state index in [4.69, 9.17) is 18.5 Å². The monoisotopic (exact) mass is 763 g/mol. The van der Waals surface area contributed by atoms with Crippen LogP contribution in [0.3, 0.4) is 0 Å². The van der Waals surface area contributed by atoms with Crippen molar-refractivity contribution < 1.29 is 37.3 Å². The van der Waals surface area contributed by atoms with Gasteiger partial charge in [0.25, 0.3) is 0 Å². The molecule has 0 spiro atoms. The van der Waals surface area contributed by atoms with Gasteiger partial charge in [-0.15, -0.1) is 0 Å². The molecule has 2 atom stereocenters. The van der Waals surface area contributed by atoms with Crippen LogP contribution in [0.25, 0.3) is 0 Å². The molecule has 2 unspecified atom stereocenters. The number of carbonyl (C=O) groups excluding carboxylic acids is 1. The van der Waals surface area contributed by atoms with Gasteiger partial charge in [-0.3, -0.25) is 13.8 Å². The van der Waals surface area contributed by atoms with E-state index in [1.54, 1.807) is 0 Å². The van der Waals surface area contributed by atoms with Crippen molar-refractivity contribution in [2.75, 3.05) is 54.1 Å². The van der Waals surface area contributed by atoms with E-state index in [1.165, 1.54) is 25.7 Å². The lowest BCUT2D eigenvalue weighted by molar-refractivity contribution is -0.870. The number of nitrogens with zero attached hydrogens (tertiary/aromatic N) is 1. The molecule has 304 valence electrons. The topological polar surface area (TPSA) is 91.3 Å². The number of hydrogen-bond acceptors (Lipinski definition) is 6. The molecule has 0 heterocycles. The Balaban J connectivity index is 4.43. The Morgan fingerprint density at radius 2 is 1.09 bits per heavy atom. The standard InChI is InChI=1S/C44H76NO7P/c1-6-8-10-12-14-16-18-20-22-23-24-25-27-29-31-33-35-37-44(46)52-43(42-51-53(47,48)50-40-38-45(3,4)5)41-49-39-36-34-32-30-28-26-21-19-17-15-13-11-9-7-2/h8,10-11,13-14,16-17,19-20,22,24-25,29,31,43H,6-7,9,12,15,18,21,23,26-28,30,32-42H2,1-5H3/p+1/b10-8-,13-11-,16-14-,19-17-,22-20-,25-24-,31-29-. The number of quaternary nitrogens is 1. The number of phosphoric ester groups is 1. The van der Waals surface area contributed by atoms with Crippen molar-refractivity contribution in [2.24, 2.45) is 0 Å². The molecular weight excluding hydrogens is 685 g/mol. The zero-order chi connectivity index (χ0) is 39.1. The minimum atomic E-state index is -4.29. The third-order valence-corrected chi connectivity index (χ3v) is 8.91. The molecule has 53 heavy (non-hydrogen) atoms. The Morgan fingerprint density at radius 1 is 0.604 bits per heavy atom. The van der Waals surface area contributed by atoms with Gasteiger partial charge in [-0.2, -0.15) is 0 Å². The molecule has 0 saturated carbocycles. The predicted molar refractivity (Wildman–Crippen MR) is 224 cm³/mol. The van der Waals surface area contributed by atoms with Crippen molar-refractivity contribution in [2.45, 2.75) is 136 Å². The maximum absolute atomic E-state index is 12.6. The van der Waals surface area contributed by atoms with Crippen LogP contribution >= 0.6 is 7.82 Å². The van der Waals surface area contributed by atoms with Crippen LogP contribution in [0.1, 0.15) is 129 Å². The van der Waals surface area contributed by atoms with Crippen molar-refractivity contribution in [3.63, 3.8) is 0 Å². The highest BCUT2D eigenvalue weighted by Crippen LogP contribution is 2.43. The second-order valence-corrected chi connectivity index (χ2v) is 15.7. The maximum atomic E-state index is 12.6. The zero-order valence-electron chi connectivity index (χ0n) is 34.2. The molecule has 0 aliphatic heterocycles. The number of ether oxygens (including phenoxy) is 2. The molecule has 0 fully saturated rings. The first kappa shape index (κ1) is 50.7. The molecule has 0 bridgehead atoms. The van der Waals surface area contributed by atoms with Crippen LogP contribution in [0.2, 0.25) is 0 Å². The van der Waals surface area contributed by atoms with Gasteiger partial charge >= 0.3 is 13.8 Å². The highest BCUT2D eigenvalue weighted by Gasteiger charge is 2.26. The normalized spacial score (nSPS) is 14.8. The summed E-state index contributed by atoms with van der Waals surface area (Å²) in [4.78, 5) is 22.8. The van der Waals surface area contributed by atoms with Gasteiger partial charge in [0.05, 0.1) is 34.4 Å². The van der Waals surface area contributed by atoms with Crippen LogP contribution in [0.15, 0.2) is 85.1 Å². The van der Waals surface area contributed by atoms with Crippen molar-refractivity contribution in [3.8, 4) is 0 Å². The summed E-state index contributed by atoms with van der Waals surface area (Å²) in [5, 5.41) is 0. The number of phosphoric acid groups is 1. The molecule has 0 saturated heterocycles. The average Bonchev–Trinajstić information content (AvgIpc) is 3.11. The van der Waals surface area contributed by atoms with Crippen molar-refractivity contribution in [1.82, 2.24) is 0 Å². The Labute approximate surface area is 325 Å². The van der Waals surface area contributed by atoms with Gasteiger partial charge in [0.1, 0.15) is 19.3 Å². The average molecular weight is 763 g/mol. The van der Waals surface area contributed by atoms with E-state index in [-0.39, 0.29) is 32.2 Å². The van der Waals surface area contributed by atoms with Gasteiger partial charge in [-0.05, 0) is 77.0 Å². The molecule has 0 amide bonds. The lowest BCUT2D eigenvalue weighted by Crippen LogP contribution is -2.37. The number of unbranched alkanes of at least 4 members (excludes halogenated alkanes) is 8. The molecule has 8 nitrogen and oxygen atoms in total. The van der Waals surface area contributed by atoms with Crippen LogP contribution < -0.4 is 0 Å². The third-order valence-electron chi connectivity index (χ3n) is 7.92. The molecule has 0 rings (SSSR count). The molecular formula is C44H77NO7P+. The summed E-state index contributed by atoms with van der Waals surface area (Å²) < 4.78 is 34.8. The van der Waals surface area contributed by atoms with E-state index in [2.05, 4.69) is 98.9 Å². The lowest BCUT2D eigenvalue weighted by atomic mass is 10.1. The van der Waals surface area contributed by atoms with Gasteiger partial charge in [0.2, 0.25) is 0 Å². The van der Waals surface area contributed by atoms with Gasteiger partial charge < -0.3 is 18.9 Å². The molecule has 0 aliphatic rings. The van der Waals surface area contributed by atoms with E-state index >= 15 is 0 Å². The third kappa shape index (κ3) is 40.7. The van der Waals surface area contributed by atoms with Gasteiger partial charge in [-0.25, -0.2) is 4.57 Å². The van der Waals surface area contributed by atoms with Gasteiger partial charge in [0, 0.05) is 13.0 Å². The van der Waals surface area contributed by atoms with Crippen molar-refractivity contribution >= 4 is 13.8 Å². The fraction of sp³-hybridized carbons (Fsp3) is 0.659. The molecule has 0 radical (unpaired) electrons. The fourth-order valence-electron chi connectivity index (χ4n) is 4.80. The van der Waals surface area contributed by atoms with E-state index < -0.39 is 13.9 Å². The summed E-state index contributed by atoms with van der Waals surface area (Å²) in [6.07, 6.45) is 47.6. The SMILES string of the molecule is CC/C=C\C/C=C\C/C=C\C/C=C\C/C=C\CCCC(=O)OC(COCCCCCCCC/C=C\C/C=C\CCC)COP(=O)(O)OCC[N+](C)(C)C. The molecule has 0 aromatic heterocycles. The predicted octanol–water partition coefficient (Wildman–Crippen LogP) is 11.7. The first-order valence-electron chi connectivity index (χ1n) is 20.3. The summed E-state index contributed by atoms with van der Waals surface area (Å²) in [5.41, 5.74) is 0.